The second-order valence-electron chi connectivity index (χ2n) is 3.71. The number of hydrogen-bond acceptors (Lipinski definition) is 4. The first-order valence-electron chi connectivity index (χ1n) is 5.12. The smallest absolute Gasteiger partial charge is 0.0630 e. The Labute approximate surface area is 96.0 Å². The molecule has 0 bridgehead atoms. The highest BCUT2D eigenvalue weighted by atomic mass is 32.1. The molecule has 0 saturated heterocycles. The van der Waals surface area contributed by atoms with Crippen molar-refractivity contribution in [2.75, 3.05) is 34.4 Å². The Balaban J connectivity index is 2.44. The third-order valence-electron chi connectivity index (χ3n) is 2.43. The Morgan fingerprint density at radius 2 is 2.40 bits per heavy atom. The van der Waals surface area contributed by atoms with E-state index in [9.17, 15) is 0 Å². The molecule has 0 aliphatic rings. The van der Waals surface area contributed by atoms with Crippen molar-refractivity contribution in [2.45, 2.75) is 12.6 Å². The maximum atomic E-state index is 5.22. The molecule has 1 aromatic rings. The first-order chi connectivity index (χ1) is 7.27. The van der Waals surface area contributed by atoms with Crippen LogP contribution in [0.15, 0.2) is 16.8 Å². The van der Waals surface area contributed by atoms with Crippen molar-refractivity contribution in [1.29, 1.82) is 0 Å². The number of hydrogen-bond donors (Lipinski definition) is 1. The van der Waals surface area contributed by atoms with Crippen LogP contribution in [0.25, 0.3) is 0 Å². The van der Waals surface area contributed by atoms with Crippen LogP contribution >= 0.6 is 11.3 Å². The summed E-state index contributed by atoms with van der Waals surface area (Å²) in [6.45, 7) is 2.70. The van der Waals surface area contributed by atoms with E-state index < -0.39 is 0 Å². The zero-order valence-electron chi connectivity index (χ0n) is 9.69. The minimum atomic E-state index is 0.430. The number of rotatable bonds is 7. The average molecular weight is 228 g/mol. The molecule has 0 radical (unpaired) electrons. The van der Waals surface area contributed by atoms with Crippen LogP contribution in [0.5, 0.6) is 0 Å². The van der Waals surface area contributed by atoms with Gasteiger partial charge < -0.3 is 10.1 Å². The molecule has 1 N–H and O–H groups in total. The largest absolute Gasteiger partial charge is 0.383 e. The van der Waals surface area contributed by atoms with Gasteiger partial charge >= 0.3 is 0 Å². The van der Waals surface area contributed by atoms with Gasteiger partial charge in [0.25, 0.3) is 0 Å². The third kappa shape index (κ3) is 4.30. The second-order valence-corrected chi connectivity index (χ2v) is 4.49. The van der Waals surface area contributed by atoms with E-state index in [0.29, 0.717) is 6.04 Å². The Kier molecular flexibility index (Phi) is 5.86. The zero-order chi connectivity index (χ0) is 11.1. The molecule has 0 saturated carbocycles. The van der Waals surface area contributed by atoms with E-state index in [0.717, 1.165) is 19.7 Å². The van der Waals surface area contributed by atoms with Crippen LogP contribution in [0, 0.1) is 0 Å². The lowest BCUT2D eigenvalue weighted by Crippen LogP contribution is -2.41. The molecule has 86 valence electrons. The third-order valence-corrected chi connectivity index (χ3v) is 3.17. The van der Waals surface area contributed by atoms with Gasteiger partial charge in [-0.05, 0) is 36.5 Å². The van der Waals surface area contributed by atoms with Gasteiger partial charge in [-0.3, -0.25) is 4.90 Å². The van der Waals surface area contributed by atoms with Crippen molar-refractivity contribution >= 4 is 11.3 Å². The van der Waals surface area contributed by atoms with Crippen molar-refractivity contribution in [2.24, 2.45) is 0 Å². The highest BCUT2D eigenvalue weighted by molar-refractivity contribution is 7.07. The Morgan fingerprint density at radius 3 is 2.93 bits per heavy atom. The van der Waals surface area contributed by atoms with Crippen LogP contribution < -0.4 is 5.32 Å². The fourth-order valence-electron chi connectivity index (χ4n) is 1.57. The number of likely N-dealkylation sites (N-methyl/N-ethyl adjacent to an activating group) is 2. The molecular weight excluding hydrogens is 208 g/mol. The molecule has 1 atom stereocenters. The number of methoxy groups -OCH3 is 1. The molecule has 1 aromatic heterocycles. The van der Waals surface area contributed by atoms with Crippen molar-refractivity contribution in [1.82, 2.24) is 10.2 Å². The van der Waals surface area contributed by atoms with Gasteiger partial charge in [-0.15, -0.1) is 0 Å². The first-order valence-corrected chi connectivity index (χ1v) is 6.07. The molecule has 4 heteroatoms. The topological polar surface area (TPSA) is 24.5 Å². The number of ether oxygens (including phenoxy) is 1. The minimum Gasteiger partial charge on any atom is -0.383 e. The van der Waals surface area contributed by atoms with E-state index >= 15 is 0 Å². The minimum absolute atomic E-state index is 0.430. The van der Waals surface area contributed by atoms with Crippen LogP contribution in [-0.4, -0.2) is 45.3 Å². The highest BCUT2D eigenvalue weighted by Crippen LogP contribution is 2.10. The van der Waals surface area contributed by atoms with E-state index in [4.69, 9.17) is 4.74 Å². The summed E-state index contributed by atoms with van der Waals surface area (Å²) in [5, 5.41) is 7.51. The van der Waals surface area contributed by atoms with Gasteiger partial charge in [-0.25, -0.2) is 0 Å². The Hall–Kier alpha value is -0.420. The van der Waals surface area contributed by atoms with Gasteiger partial charge in [0, 0.05) is 26.2 Å². The second kappa shape index (κ2) is 6.95. The van der Waals surface area contributed by atoms with E-state index in [1.54, 1.807) is 18.4 Å². The Bertz CT molecular complexity index is 245. The lowest BCUT2D eigenvalue weighted by molar-refractivity contribution is 0.102. The van der Waals surface area contributed by atoms with E-state index in [1.807, 2.05) is 7.05 Å². The molecule has 1 heterocycles. The van der Waals surface area contributed by atoms with Gasteiger partial charge in [0.1, 0.15) is 0 Å². The van der Waals surface area contributed by atoms with Gasteiger partial charge in [0.05, 0.1) is 6.61 Å². The summed E-state index contributed by atoms with van der Waals surface area (Å²) in [6.07, 6.45) is 0. The van der Waals surface area contributed by atoms with E-state index in [1.165, 1.54) is 5.56 Å². The maximum Gasteiger partial charge on any atom is 0.0630 e. The summed E-state index contributed by atoms with van der Waals surface area (Å²) in [4.78, 5) is 2.32. The standard InChI is InChI=1S/C11H20N2OS/c1-12-6-11(8-14-3)13(2)7-10-4-5-15-9-10/h4-5,9,11-12H,6-8H2,1-3H3. The summed E-state index contributed by atoms with van der Waals surface area (Å²) in [6, 6.07) is 2.60. The van der Waals surface area contributed by atoms with Gasteiger partial charge in [-0.2, -0.15) is 11.3 Å². The molecule has 1 unspecified atom stereocenters. The number of nitrogens with zero attached hydrogens (tertiary/aromatic N) is 1. The number of nitrogens with one attached hydrogen (secondary N) is 1. The van der Waals surface area contributed by atoms with Gasteiger partial charge in [-0.1, -0.05) is 0 Å². The van der Waals surface area contributed by atoms with Crippen molar-refractivity contribution < 1.29 is 4.74 Å². The van der Waals surface area contributed by atoms with E-state index in [2.05, 4.69) is 34.1 Å². The summed E-state index contributed by atoms with van der Waals surface area (Å²) in [5.41, 5.74) is 1.37. The average Bonchev–Trinajstić information content (AvgIpc) is 2.70. The molecule has 0 amide bonds. The monoisotopic (exact) mass is 228 g/mol. The summed E-state index contributed by atoms with van der Waals surface area (Å²) < 4.78 is 5.22. The lowest BCUT2D eigenvalue weighted by atomic mass is 10.2. The predicted molar refractivity (Wildman–Crippen MR) is 65.4 cm³/mol. The molecule has 3 nitrogen and oxygen atoms in total. The fourth-order valence-corrected chi connectivity index (χ4v) is 2.23. The first kappa shape index (κ1) is 12.6. The molecule has 0 fully saturated rings. The van der Waals surface area contributed by atoms with Gasteiger partial charge in [0.15, 0.2) is 0 Å². The molecular formula is C11H20N2OS. The van der Waals surface area contributed by atoms with Crippen molar-refractivity contribution in [3.63, 3.8) is 0 Å². The maximum absolute atomic E-state index is 5.22. The molecule has 0 aliphatic carbocycles. The SMILES string of the molecule is CNCC(COC)N(C)Cc1ccsc1. The van der Waals surface area contributed by atoms with Crippen LogP contribution in [0.2, 0.25) is 0 Å². The fraction of sp³-hybridized carbons (Fsp3) is 0.636. The normalized spacial score (nSPS) is 13.3. The van der Waals surface area contributed by atoms with E-state index in [-0.39, 0.29) is 0 Å². The highest BCUT2D eigenvalue weighted by Gasteiger charge is 2.13. The molecule has 0 aromatic carbocycles. The van der Waals surface area contributed by atoms with Crippen LogP contribution in [-0.2, 0) is 11.3 Å². The lowest BCUT2D eigenvalue weighted by Gasteiger charge is -2.27. The summed E-state index contributed by atoms with van der Waals surface area (Å²) in [5.74, 6) is 0. The summed E-state index contributed by atoms with van der Waals surface area (Å²) in [7, 11) is 5.86. The zero-order valence-corrected chi connectivity index (χ0v) is 10.5. The van der Waals surface area contributed by atoms with Gasteiger partial charge in [0.2, 0.25) is 0 Å². The van der Waals surface area contributed by atoms with Crippen LogP contribution in [0.4, 0.5) is 0 Å². The Morgan fingerprint density at radius 1 is 1.60 bits per heavy atom. The molecule has 15 heavy (non-hydrogen) atoms. The quantitative estimate of drug-likeness (QED) is 0.764. The molecule has 0 spiro atoms. The number of thiophene rings is 1. The molecule has 0 aliphatic heterocycles. The summed E-state index contributed by atoms with van der Waals surface area (Å²) >= 11 is 1.75. The van der Waals surface area contributed by atoms with Crippen LogP contribution in [0.1, 0.15) is 5.56 Å². The van der Waals surface area contributed by atoms with Crippen molar-refractivity contribution in [3.05, 3.63) is 22.4 Å². The van der Waals surface area contributed by atoms with Crippen LogP contribution in [0.3, 0.4) is 0 Å². The molecule has 1 rings (SSSR count). The van der Waals surface area contributed by atoms with Crippen molar-refractivity contribution in [3.8, 4) is 0 Å². The predicted octanol–water partition coefficient (Wildman–Crippen LogP) is 1.41.